The molecule has 0 bridgehead atoms. The molecule has 0 atom stereocenters. The summed E-state index contributed by atoms with van der Waals surface area (Å²) in [6.45, 7) is 1.69. The number of nitrogens with one attached hydrogen (secondary N) is 2. The number of hydrogen-bond acceptors (Lipinski definition) is 4. The number of amides is 1. The number of para-hydroxylation sites is 1. The third-order valence-electron chi connectivity index (χ3n) is 4.14. The van der Waals surface area contributed by atoms with E-state index in [1.807, 2.05) is 66.9 Å². The summed E-state index contributed by atoms with van der Waals surface area (Å²) >= 11 is 0. The molecule has 0 aromatic heterocycles. The molecule has 2 N–H and O–H groups in total. The van der Waals surface area contributed by atoms with E-state index in [4.69, 9.17) is 4.74 Å². The van der Waals surface area contributed by atoms with E-state index in [2.05, 4.69) is 10.9 Å². The van der Waals surface area contributed by atoms with Crippen LogP contribution < -0.4 is 10.9 Å². The third-order valence-corrected chi connectivity index (χ3v) is 4.14. The van der Waals surface area contributed by atoms with Gasteiger partial charge in [0.2, 0.25) is 0 Å². The lowest BCUT2D eigenvalue weighted by atomic mass is 10.1. The van der Waals surface area contributed by atoms with Gasteiger partial charge in [-0.2, -0.15) is 0 Å². The van der Waals surface area contributed by atoms with Crippen LogP contribution in [0, 0.1) is 0 Å². The lowest BCUT2D eigenvalue weighted by Crippen LogP contribution is -2.37. The van der Waals surface area contributed by atoms with E-state index in [9.17, 15) is 4.79 Å². The Kier molecular flexibility index (Phi) is 5.93. The quantitative estimate of drug-likeness (QED) is 0.812. The molecule has 1 aliphatic rings. The van der Waals surface area contributed by atoms with Crippen molar-refractivity contribution < 1.29 is 9.53 Å². The Bertz CT molecular complexity index is 691. The summed E-state index contributed by atoms with van der Waals surface area (Å²) in [6, 6.07) is 19.7. The van der Waals surface area contributed by atoms with Crippen LogP contribution in [0.2, 0.25) is 0 Å². The van der Waals surface area contributed by atoms with Gasteiger partial charge in [0, 0.05) is 19.3 Å². The molecule has 25 heavy (non-hydrogen) atoms. The summed E-state index contributed by atoms with van der Waals surface area (Å²) in [6.07, 6.45) is 3.45. The van der Waals surface area contributed by atoms with Crippen LogP contribution in [0.3, 0.4) is 0 Å². The standard InChI is InChI=1S/C20H23N3O2/c24-20(25-16-18-7-3-1-4-8-18)23-13-11-17(12-14-23)15-21-22-19-9-5-2-6-10-19/h1-10,15,21-22H,11-14,16H2. The van der Waals surface area contributed by atoms with Gasteiger partial charge in [-0.15, -0.1) is 0 Å². The molecule has 1 fully saturated rings. The molecule has 130 valence electrons. The van der Waals surface area contributed by atoms with Crippen molar-refractivity contribution in [3.05, 3.63) is 78.0 Å². The second-order valence-electron chi connectivity index (χ2n) is 5.97. The molecule has 1 amide bonds. The zero-order valence-corrected chi connectivity index (χ0v) is 14.2. The molecule has 2 aromatic carbocycles. The van der Waals surface area contributed by atoms with E-state index in [0.717, 1.165) is 24.1 Å². The van der Waals surface area contributed by atoms with Gasteiger partial charge in [-0.25, -0.2) is 4.79 Å². The van der Waals surface area contributed by atoms with E-state index < -0.39 is 0 Å². The van der Waals surface area contributed by atoms with Crippen LogP contribution in [-0.2, 0) is 11.3 Å². The summed E-state index contributed by atoms with van der Waals surface area (Å²) in [4.78, 5) is 13.9. The molecule has 0 radical (unpaired) electrons. The molecule has 0 unspecified atom stereocenters. The van der Waals surface area contributed by atoms with Crippen molar-refractivity contribution >= 4 is 11.8 Å². The van der Waals surface area contributed by atoms with Gasteiger partial charge in [0.25, 0.3) is 0 Å². The summed E-state index contributed by atoms with van der Waals surface area (Å²) in [5, 5.41) is 0. The van der Waals surface area contributed by atoms with Crippen molar-refractivity contribution in [1.82, 2.24) is 10.3 Å². The molecule has 0 spiro atoms. The number of rotatable bonds is 5. The van der Waals surface area contributed by atoms with Gasteiger partial charge in [-0.3, -0.25) is 0 Å². The summed E-state index contributed by atoms with van der Waals surface area (Å²) in [5.74, 6) is 0. The molecular formula is C20H23N3O2. The van der Waals surface area contributed by atoms with Crippen LogP contribution in [0.5, 0.6) is 0 Å². The van der Waals surface area contributed by atoms with E-state index in [-0.39, 0.29) is 6.09 Å². The maximum absolute atomic E-state index is 12.1. The summed E-state index contributed by atoms with van der Waals surface area (Å²) in [5.41, 5.74) is 9.56. The molecular weight excluding hydrogens is 314 g/mol. The number of ether oxygens (including phenoxy) is 1. The van der Waals surface area contributed by atoms with Gasteiger partial charge in [-0.05, 0) is 36.1 Å². The molecule has 5 nitrogen and oxygen atoms in total. The van der Waals surface area contributed by atoms with E-state index >= 15 is 0 Å². The summed E-state index contributed by atoms with van der Waals surface area (Å²) in [7, 11) is 0. The van der Waals surface area contributed by atoms with Crippen molar-refractivity contribution in [3.63, 3.8) is 0 Å². The molecule has 3 rings (SSSR count). The minimum Gasteiger partial charge on any atom is -0.445 e. The molecule has 1 heterocycles. The van der Waals surface area contributed by atoms with Crippen LogP contribution in [-0.4, -0.2) is 24.1 Å². The van der Waals surface area contributed by atoms with E-state index in [1.54, 1.807) is 4.90 Å². The average molecular weight is 337 g/mol. The topological polar surface area (TPSA) is 53.6 Å². The second-order valence-corrected chi connectivity index (χ2v) is 5.97. The molecule has 2 aromatic rings. The third kappa shape index (κ3) is 5.28. The first kappa shape index (κ1) is 16.9. The first-order chi connectivity index (χ1) is 12.3. The van der Waals surface area contributed by atoms with Gasteiger partial charge in [0.1, 0.15) is 6.61 Å². The van der Waals surface area contributed by atoms with Crippen molar-refractivity contribution in [2.24, 2.45) is 0 Å². The Morgan fingerprint density at radius 3 is 2.32 bits per heavy atom. The normalized spacial score (nSPS) is 13.9. The minimum atomic E-state index is -0.238. The minimum absolute atomic E-state index is 0.238. The highest BCUT2D eigenvalue weighted by atomic mass is 16.6. The van der Waals surface area contributed by atoms with E-state index in [0.29, 0.717) is 19.7 Å². The van der Waals surface area contributed by atoms with Gasteiger partial charge in [-0.1, -0.05) is 48.5 Å². The van der Waals surface area contributed by atoms with Crippen LogP contribution in [0.4, 0.5) is 10.5 Å². The highest BCUT2D eigenvalue weighted by Gasteiger charge is 2.20. The van der Waals surface area contributed by atoms with Crippen molar-refractivity contribution in [3.8, 4) is 0 Å². The lowest BCUT2D eigenvalue weighted by molar-refractivity contribution is 0.0935. The molecule has 0 aliphatic carbocycles. The number of benzene rings is 2. The summed E-state index contributed by atoms with van der Waals surface area (Å²) < 4.78 is 5.38. The largest absolute Gasteiger partial charge is 0.445 e. The predicted molar refractivity (Wildman–Crippen MR) is 98.7 cm³/mol. The predicted octanol–water partition coefficient (Wildman–Crippen LogP) is 3.92. The number of piperidine rings is 1. The maximum Gasteiger partial charge on any atom is 0.410 e. The number of carbonyl (C=O) groups excluding carboxylic acids is 1. The molecule has 1 aliphatic heterocycles. The first-order valence-corrected chi connectivity index (χ1v) is 8.51. The number of likely N-dealkylation sites (tertiary alicyclic amines) is 1. The van der Waals surface area contributed by atoms with Crippen molar-refractivity contribution in [2.45, 2.75) is 19.4 Å². The SMILES string of the molecule is O=C(OCc1ccccc1)N1CCC(=CNNc2ccccc2)CC1. The zero-order valence-electron chi connectivity index (χ0n) is 14.2. The maximum atomic E-state index is 12.1. The smallest absolute Gasteiger partial charge is 0.410 e. The monoisotopic (exact) mass is 337 g/mol. The van der Waals surface area contributed by atoms with E-state index in [1.165, 1.54) is 5.57 Å². The van der Waals surface area contributed by atoms with Crippen LogP contribution in [0.1, 0.15) is 18.4 Å². The van der Waals surface area contributed by atoms with Crippen molar-refractivity contribution in [1.29, 1.82) is 0 Å². The van der Waals surface area contributed by atoms with Crippen LogP contribution in [0.25, 0.3) is 0 Å². The number of hydrogen-bond donors (Lipinski definition) is 2. The molecule has 5 heteroatoms. The van der Waals surface area contributed by atoms with Crippen molar-refractivity contribution in [2.75, 3.05) is 18.5 Å². The Balaban J connectivity index is 1.39. The Hall–Kier alpha value is -2.95. The first-order valence-electron chi connectivity index (χ1n) is 8.51. The average Bonchev–Trinajstić information content (AvgIpc) is 2.68. The van der Waals surface area contributed by atoms with Gasteiger partial charge in [0.05, 0.1) is 5.69 Å². The molecule has 1 saturated heterocycles. The Morgan fingerprint density at radius 2 is 1.64 bits per heavy atom. The highest BCUT2D eigenvalue weighted by Crippen LogP contribution is 2.16. The fourth-order valence-corrected chi connectivity index (χ4v) is 2.67. The van der Waals surface area contributed by atoms with Crippen LogP contribution in [0.15, 0.2) is 72.4 Å². The highest BCUT2D eigenvalue weighted by molar-refractivity contribution is 5.67. The van der Waals surface area contributed by atoms with Gasteiger partial charge in [0.15, 0.2) is 0 Å². The van der Waals surface area contributed by atoms with Crippen LogP contribution >= 0.6 is 0 Å². The zero-order chi connectivity index (χ0) is 17.3. The fraction of sp³-hybridized carbons (Fsp3) is 0.250. The number of carbonyl (C=O) groups is 1. The number of hydrazine groups is 1. The number of nitrogens with zero attached hydrogens (tertiary/aromatic N) is 1. The Labute approximate surface area is 148 Å². The van der Waals surface area contributed by atoms with Gasteiger partial charge < -0.3 is 20.5 Å². The van der Waals surface area contributed by atoms with Gasteiger partial charge >= 0.3 is 6.09 Å². The fourth-order valence-electron chi connectivity index (χ4n) is 2.67. The number of anilines is 1. The molecule has 0 saturated carbocycles. The second kappa shape index (κ2) is 8.78. The lowest BCUT2D eigenvalue weighted by Gasteiger charge is -2.27. The Morgan fingerprint density at radius 1 is 1.00 bits per heavy atom.